The first-order chi connectivity index (χ1) is 12.3. The highest BCUT2D eigenvalue weighted by atomic mass is 16.4. The van der Waals surface area contributed by atoms with E-state index in [1.54, 1.807) is 4.90 Å². The van der Waals surface area contributed by atoms with Crippen LogP contribution < -0.4 is 5.32 Å². The van der Waals surface area contributed by atoms with Crippen molar-refractivity contribution < 1.29 is 24.3 Å². The zero-order valence-corrected chi connectivity index (χ0v) is 15.8. The fourth-order valence-electron chi connectivity index (χ4n) is 3.19. The average molecular weight is 369 g/mol. The first-order valence-electron chi connectivity index (χ1n) is 9.38. The number of carboxylic acid groups (broad SMARTS) is 1. The second-order valence-electron chi connectivity index (χ2n) is 6.71. The second kappa shape index (κ2) is 11.5. The molecule has 1 heterocycles. The smallest absolute Gasteiger partial charge is 0.323 e. The number of aliphatic carboxylic acids is 1. The average Bonchev–Trinajstić information content (AvgIpc) is 2.83. The summed E-state index contributed by atoms with van der Waals surface area (Å²) in [5, 5.41) is 11.8. The number of hydrogen-bond acceptors (Lipinski definition) is 4. The Balaban J connectivity index is 2.44. The molecule has 0 radical (unpaired) electrons. The van der Waals surface area contributed by atoms with Crippen LogP contribution in [0.5, 0.6) is 0 Å². The number of likely N-dealkylation sites (tertiary alicyclic amines) is 1. The first-order valence-corrected chi connectivity index (χ1v) is 9.38. The Morgan fingerprint density at radius 2 is 1.88 bits per heavy atom. The summed E-state index contributed by atoms with van der Waals surface area (Å²) in [6.07, 6.45) is 4.09. The minimum absolute atomic E-state index is 0.0153. The number of amides is 3. The SMILES string of the molecule is CCCNC(=O)CCCC(=O)N1CCCC(N(CC(=O)O)C(C)=O)CC1. The van der Waals surface area contributed by atoms with Gasteiger partial charge < -0.3 is 20.2 Å². The van der Waals surface area contributed by atoms with Crippen LogP contribution in [0.25, 0.3) is 0 Å². The summed E-state index contributed by atoms with van der Waals surface area (Å²) in [6, 6.07) is -0.152. The van der Waals surface area contributed by atoms with Crippen molar-refractivity contribution in [3.05, 3.63) is 0 Å². The van der Waals surface area contributed by atoms with Gasteiger partial charge in [0.15, 0.2) is 0 Å². The minimum Gasteiger partial charge on any atom is -0.480 e. The van der Waals surface area contributed by atoms with E-state index in [1.165, 1.54) is 11.8 Å². The van der Waals surface area contributed by atoms with E-state index in [2.05, 4.69) is 5.32 Å². The molecular formula is C18H31N3O5. The van der Waals surface area contributed by atoms with Crippen molar-refractivity contribution in [3.8, 4) is 0 Å². The molecule has 1 saturated heterocycles. The van der Waals surface area contributed by atoms with Gasteiger partial charge in [-0.05, 0) is 32.1 Å². The Kier molecular flexibility index (Phi) is 9.69. The lowest BCUT2D eigenvalue weighted by molar-refractivity contribution is -0.145. The van der Waals surface area contributed by atoms with Gasteiger partial charge in [-0.3, -0.25) is 19.2 Å². The summed E-state index contributed by atoms with van der Waals surface area (Å²) in [6.45, 7) is 4.83. The molecule has 1 fully saturated rings. The number of carboxylic acids is 1. The fraction of sp³-hybridized carbons (Fsp3) is 0.778. The predicted molar refractivity (Wildman–Crippen MR) is 96.4 cm³/mol. The van der Waals surface area contributed by atoms with E-state index in [0.717, 1.165) is 12.8 Å². The summed E-state index contributed by atoms with van der Waals surface area (Å²) < 4.78 is 0. The Labute approximate surface area is 154 Å². The lowest BCUT2D eigenvalue weighted by atomic mass is 10.1. The summed E-state index contributed by atoms with van der Waals surface area (Å²) in [5.74, 6) is -1.29. The molecule has 0 aromatic rings. The lowest BCUT2D eigenvalue weighted by Gasteiger charge is -2.28. The number of nitrogens with zero attached hydrogens (tertiary/aromatic N) is 2. The summed E-state index contributed by atoms with van der Waals surface area (Å²) in [4.78, 5) is 49.8. The molecule has 3 amide bonds. The zero-order valence-electron chi connectivity index (χ0n) is 15.8. The van der Waals surface area contributed by atoms with Crippen LogP contribution in [0, 0.1) is 0 Å². The van der Waals surface area contributed by atoms with Crippen molar-refractivity contribution >= 4 is 23.7 Å². The third-order valence-electron chi connectivity index (χ3n) is 4.57. The maximum atomic E-state index is 12.4. The highest BCUT2D eigenvalue weighted by Crippen LogP contribution is 2.18. The standard InChI is InChI=1S/C18H31N3O5/c1-3-10-19-16(23)7-4-8-17(24)20-11-5-6-15(9-12-20)21(14(2)22)13-18(25)26/h15H,3-13H2,1-2H3,(H,19,23)(H,25,26). The molecular weight excluding hydrogens is 338 g/mol. The van der Waals surface area contributed by atoms with Crippen LogP contribution in [0.2, 0.25) is 0 Å². The van der Waals surface area contributed by atoms with E-state index in [4.69, 9.17) is 5.11 Å². The van der Waals surface area contributed by atoms with Gasteiger partial charge >= 0.3 is 5.97 Å². The molecule has 1 aliphatic heterocycles. The summed E-state index contributed by atoms with van der Waals surface area (Å²) in [7, 11) is 0. The normalized spacial score (nSPS) is 17.3. The van der Waals surface area contributed by atoms with Gasteiger partial charge in [-0.2, -0.15) is 0 Å². The molecule has 0 aromatic heterocycles. The van der Waals surface area contributed by atoms with Crippen LogP contribution >= 0.6 is 0 Å². The van der Waals surface area contributed by atoms with E-state index in [1.807, 2.05) is 6.92 Å². The van der Waals surface area contributed by atoms with E-state index < -0.39 is 5.97 Å². The molecule has 0 aromatic carbocycles. The Bertz CT molecular complexity index is 509. The third-order valence-corrected chi connectivity index (χ3v) is 4.57. The van der Waals surface area contributed by atoms with Gasteiger partial charge in [0.2, 0.25) is 17.7 Å². The quantitative estimate of drug-likeness (QED) is 0.630. The van der Waals surface area contributed by atoms with Crippen LogP contribution in [0.4, 0.5) is 0 Å². The monoisotopic (exact) mass is 369 g/mol. The summed E-state index contributed by atoms with van der Waals surface area (Å²) >= 11 is 0. The van der Waals surface area contributed by atoms with Gasteiger partial charge in [-0.25, -0.2) is 0 Å². The van der Waals surface area contributed by atoms with E-state index in [0.29, 0.717) is 51.7 Å². The fourth-order valence-corrected chi connectivity index (χ4v) is 3.19. The van der Waals surface area contributed by atoms with Crippen molar-refractivity contribution in [1.29, 1.82) is 0 Å². The van der Waals surface area contributed by atoms with Crippen LogP contribution in [-0.4, -0.2) is 70.8 Å². The number of hydrogen-bond donors (Lipinski definition) is 2. The highest BCUT2D eigenvalue weighted by Gasteiger charge is 2.27. The number of rotatable bonds is 9. The van der Waals surface area contributed by atoms with Gasteiger partial charge in [-0.15, -0.1) is 0 Å². The third kappa shape index (κ3) is 7.84. The minimum atomic E-state index is -1.03. The Morgan fingerprint density at radius 3 is 2.50 bits per heavy atom. The van der Waals surface area contributed by atoms with Crippen molar-refractivity contribution in [1.82, 2.24) is 15.1 Å². The molecule has 148 valence electrons. The van der Waals surface area contributed by atoms with Crippen molar-refractivity contribution in [2.75, 3.05) is 26.2 Å². The molecule has 1 aliphatic rings. The number of carbonyl (C=O) groups excluding carboxylic acids is 3. The van der Waals surface area contributed by atoms with Crippen molar-refractivity contribution in [2.45, 2.75) is 64.8 Å². The van der Waals surface area contributed by atoms with Gasteiger partial charge in [0.05, 0.1) is 0 Å². The second-order valence-corrected chi connectivity index (χ2v) is 6.71. The lowest BCUT2D eigenvalue weighted by Crippen LogP contribution is -2.43. The van der Waals surface area contributed by atoms with Gasteiger partial charge in [0.1, 0.15) is 6.54 Å². The molecule has 0 aliphatic carbocycles. The molecule has 1 atom stereocenters. The maximum absolute atomic E-state index is 12.4. The van der Waals surface area contributed by atoms with E-state index in [-0.39, 0.29) is 30.3 Å². The molecule has 0 spiro atoms. The molecule has 8 nitrogen and oxygen atoms in total. The van der Waals surface area contributed by atoms with Gasteiger partial charge in [0.25, 0.3) is 0 Å². The molecule has 26 heavy (non-hydrogen) atoms. The molecule has 0 saturated carbocycles. The van der Waals surface area contributed by atoms with Crippen molar-refractivity contribution in [2.24, 2.45) is 0 Å². The topological polar surface area (TPSA) is 107 Å². The molecule has 2 N–H and O–H groups in total. The molecule has 0 bridgehead atoms. The molecule has 1 unspecified atom stereocenters. The Morgan fingerprint density at radius 1 is 1.15 bits per heavy atom. The van der Waals surface area contributed by atoms with Gasteiger partial charge in [-0.1, -0.05) is 6.92 Å². The van der Waals surface area contributed by atoms with Crippen molar-refractivity contribution in [3.63, 3.8) is 0 Å². The number of nitrogens with one attached hydrogen (secondary N) is 1. The Hall–Kier alpha value is -2.12. The number of carbonyl (C=O) groups is 4. The summed E-state index contributed by atoms with van der Waals surface area (Å²) in [5.41, 5.74) is 0. The first kappa shape index (κ1) is 21.9. The predicted octanol–water partition coefficient (Wildman–Crippen LogP) is 0.997. The van der Waals surface area contributed by atoms with E-state index >= 15 is 0 Å². The van der Waals surface area contributed by atoms with Crippen LogP contribution in [0.3, 0.4) is 0 Å². The van der Waals surface area contributed by atoms with E-state index in [9.17, 15) is 19.2 Å². The largest absolute Gasteiger partial charge is 0.480 e. The maximum Gasteiger partial charge on any atom is 0.323 e. The molecule has 1 rings (SSSR count). The van der Waals surface area contributed by atoms with Crippen LogP contribution in [0.1, 0.15) is 58.8 Å². The van der Waals surface area contributed by atoms with Crippen LogP contribution in [-0.2, 0) is 19.2 Å². The van der Waals surface area contributed by atoms with Crippen LogP contribution in [0.15, 0.2) is 0 Å². The van der Waals surface area contributed by atoms with Gasteiger partial charge in [0, 0.05) is 45.4 Å². The zero-order chi connectivity index (χ0) is 19.5. The highest BCUT2D eigenvalue weighted by molar-refractivity contribution is 5.80. The molecule has 8 heteroatoms.